The van der Waals surface area contributed by atoms with Crippen LogP contribution in [0.3, 0.4) is 0 Å². The summed E-state index contributed by atoms with van der Waals surface area (Å²) in [7, 11) is 0. The van der Waals surface area contributed by atoms with Gasteiger partial charge in [0.05, 0.1) is 16.1 Å². The molecule has 29 heavy (non-hydrogen) atoms. The molecule has 1 unspecified atom stereocenters. The normalized spacial score (nSPS) is 25.5. The molecule has 5 nitrogen and oxygen atoms in total. The quantitative estimate of drug-likeness (QED) is 0.559. The van der Waals surface area contributed by atoms with Crippen LogP contribution in [0, 0.1) is 0 Å². The lowest BCUT2D eigenvalue weighted by molar-refractivity contribution is -0.144. The van der Waals surface area contributed by atoms with E-state index < -0.39 is 6.10 Å². The van der Waals surface area contributed by atoms with Gasteiger partial charge in [-0.25, -0.2) is 0 Å². The van der Waals surface area contributed by atoms with Crippen LogP contribution in [0.25, 0.3) is 0 Å². The zero-order valence-electron chi connectivity index (χ0n) is 15.6. The number of carbonyl (C=O) groups is 1. The molecular weight excluding hydrogens is 435 g/mol. The maximum absolute atomic E-state index is 12.2. The van der Waals surface area contributed by atoms with Crippen molar-refractivity contribution in [2.45, 2.75) is 36.4 Å². The van der Waals surface area contributed by atoms with Crippen LogP contribution < -0.4 is 15.4 Å². The summed E-state index contributed by atoms with van der Waals surface area (Å²) in [5, 5.41) is 18.3. The van der Waals surface area contributed by atoms with Crippen LogP contribution in [0.15, 0.2) is 42.5 Å². The number of hydrogen-bond acceptors (Lipinski definition) is 4. The maximum atomic E-state index is 12.2. The number of aliphatic hydroxyl groups is 1. The average Bonchev–Trinajstić information content (AvgIpc) is 2.64. The number of ether oxygens (including phenoxy) is 1. The van der Waals surface area contributed by atoms with Gasteiger partial charge in [0, 0.05) is 28.7 Å². The molecule has 0 saturated heterocycles. The van der Waals surface area contributed by atoms with Crippen LogP contribution in [0.4, 0.5) is 0 Å². The molecule has 1 amide bonds. The first-order valence-electron chi connectivity index (χ1n) is 9.36. The highest BCUT2D eigenvalue weighted by Crippen LogP contribution is 2.60. The van der Waals surface area contributed by atoms with Crippen molar-refractivity contribution in [3.63, 3.8) is 0 Å². The Kier molecular flexibility index (Phi) is 5.70. The van der Waals surface area contributed by atoms with E-state index in [0.29, 0.717) is 27.4 Å². The maximum Gasteiger partial charge on any atom is 0.258 e. The predicted molar refractivity (Wildman–Crippen MR) is 114 cm³/mol. The molecule has 2 aromatic rings. The Hall–Kier alpha value is -1.50. The number of hydrogen-bond donors (Lipinski definition) is 3. The number of rotatable bonds is 8. The molecule has 3 aliphatic rings. The fourth-order valence-electron chi connectivity index (χ4n) is 4.27. The van der Waals surface area contributed by atoms with E-state index >= 15 is 0 Å². The number of amides is 1. The van der Waals surface area contributed by atoms with Crippen molar-refractivity contribution in [3.05, 3.63) is 63.1 Å². The summed E-state index contributed by atoms with van der Waals surface area (Å²) in [5.41, 5.74) is 0.678. The van der Waals surface area contributed by atoms with Crippen LogP contribution in [-0.2, 0) is 4.79 Å². The molecule has 154 valence electrons. The van der Waals surface area contributed by atoms with E-state index in [1.807, 2.05) is 12.1 Å². The van der Waals surface area contributed by atoms with E-state index in [0.717, 1.165) is 24.8 Å². The molecule has 3 N–H and O–H groups in total. The fraction of sp³-hybridized carbons (Fsp3) is 0.381. The molecular formula is C21H21Cl3N2O3. The minimum Gasteiger partial charge on any atom is -0.484 e. The standard InChI is InChI=1S/C21H21Cl3N2O3/c22-14-3-1-13(2-4-14)18(27)8-25-20-10-21(11-20,12-20)26-19(28)9-29-15-5-6-16(23)17(24)7-15/h1-7,18,25,27H,8-12H2,(H,26,28). The minimum absolute atomic E-state index is 0.00521. The second-order valence-corrected chi connectivity index (χ2v) is 9.20. The summed E-state index contributed by atoms with van der Waals surface area (Å²) in [6.07, 6.45) is 1.97. The molecule has 0 radical (unpaired) electrons. The van der Waals surface area contributed by atoms with Gasteiger partial charge in [0.2, 0.25) is 0 Å². The number of halogens is 3. The fourth-order valence-corrected chi connectivity index (χ4v) is 4.69. The Bertz CT molecular complexity index is 900. The highest BCUT2D eigenvalue weighted by molar-refractivity contribution is 6.42. The first-order valence-corrected chi connectivity index (χ1v) is 10.5. The first kappa shape index (κ1) is 20.8. The first-order chi connectivity index (χ1) is 13.8. The molecule has 2 aromatic carbocycles. The Morgan fingerprint density at radius 2 is 1.72 bits per heavy atom. The SMILES string of the molecule is O=C(COc1ccc(Cl)c(Cl)c1)NC12CC(NCC(O)c3ccc(Cl)cc3)(C1)C2. The average molecular weight is 456 g/mol. The number of β-amino-alcohol motifs (C(OH)–C–C–N with tert-alkyl or cyclic N) is 1. The lowest BCUT2D eigenvalue weighted by atomic mass is 9.44. The Labute approximate surface area is 184 Å². The molecule has 8 heteroatoms. The second kappa shape index (κ2) is 7.97. The van der Waals surface area contributed by atoms with Gasteiger partial charge in [-0.15, -0.1) is 0 Å². The molecule has 1 atom stereocenters. The summed E-state index contributed by atoms with van der Waals surface area (Å²) in [6.45, 7) is 0.390. The third-order valence-corrected chi connectivity index (χ3v) is 6.61. The zero-order valence-corrected chi connectivity index (χ0v) is 17.8. The molecule has 3 saturated carbocycles. The third-order valence-electron chi connectivity index (χ3n) is 5.62. The molecule has 0 aliphatic heterocycles. The number of benzene rings is 2. The number of carbonyl (C=O) groups excluding carboxylic acids is 1. The van der Waals surface area contributed by atoms with Crippen molar-refractivity contribution in [1.29, 1.82) is 0 Å². The van der Waals surface area contributed by atoms with E-state index in [4.69, 9.17) is 39.5 Å². The van der Waals surface area contributed by atoms with Gasteiger partial charge in [0.1, 0.15) is 5.75 Å². The largest absolute Gasteiger partial charge is 0.484 e. The van der Waals surface area contributed by atoms with Crippen LogP contribution in [0.1, 0.15) is 30.9 Å². The minimum atomic E-state index is -0.591. The van der Waals surface area contributed by atoms with Gasteiger partial charge >= 0.3 is 0 Å². The van der Waals surface area contributed by atoms with E-state index in [9.17, 15) is 9.90 Å². The third kappa shape index (κ3) is 4.49. The summed E-state index contributed by atoms with van der Waals surface area (Å²) >= 11 is 17.7. The van der Waals surface area contributed by atoms with E-state index in [-0.39, 0.29) is 23.6 Å². The predicted octanol–water partition coefficient (Wildman–Crippen LogP) is 4.14. The molecule has 0 heterocycles. The van der Waals surface area contributed by atoms with Crippen molar-refractivity contribution >= 4 is 40.7 Å². The van der Waals surface area contributed by atoms with Crippen LogP contribution in [0.2, 0.25) is 15.1 Å². The van der Waals surface area contributed by atoms with Gasteiger partial charge in [-0.1, -0.05) is 46.9 Å². The highest BCUT2D eigenvalue weighted by Gasteiger charge is 2.68. The van der Waals surface area contributed by atoms with Crippen molar-refractivity contribution < 1.29 is 14.6 Å². The molecule has 3 fully saturated rings. The van der Waals surface area contributed by atoms with Crippen LogP contribution in [0.5, 0.6) is 5.75 Å². The second-order valence-electron chi connectivity index (χ2n) is 7.95. The summed E-state index contributed by atoms with van der Waals surface area (Å²) in [4.78, 5) is 12.2. The van der Waals surface area contributed by atoms with Gasteiger partial charge in [0.15, 0.2) is 6.61 Å². The highest BCUT2D eigenvalue weighted by atomic mass is 35.5. The summed E-state index contributed by atoms with van der Waals surface area (Å²) in [6, 6.07) is 12.1. The number of nitrogens with one attached hydrogen (secondary N) is 2. The molecule has 5 rings (SSSR count). The summed E-state index contributed by atoms with van der Waals surface area (Å²) in [5.74, 6) is 0.340. The van der Waals surface area contributed by atoms with Crippen molar-refractivity contribution in [2.75, 3.05) is 13.2 Å². The lowest BCUT2D eigenvalue weighted by Crippen LogP contribution is -2.83. The smallest absolute Gasteiger partial charge is 0.258 e. The van der Waals surface area contributed by atoms with Crippen molar-refractivity contribution in [1.82, 2.24) is 10.6 Å². The zero-order chi connectivity index (χ0) is 20.6. The van der Waals surface area contributed by atoms with Gasteiger partial charge in [-0.05, 0) is 49.1 Å². The Morgan fingerprint density at radius 1 is 1.03 bits per heavy atom. The topological polar surface area (TPSA) is 70.6 Å². The van der Waals surface area contributed by atoms with Crippen molar-refractivity contribution in [2.24, 2.45) is 0 Å². The molecule has 3 aliphatic carbocycles. The summed E-state index contributed by atoms with van der Waals surface area (Å²) < 4.78 is 5.48. The van der Waals surface area contributed by atoms with Gasteiger partial charge in [-0.3, -0.25) is 4.79 Å². The van der Waals surface area contributed by atoms with Crippen molar-refractivity contribution in [3.8, 4) is 5.75 Å². The Morgan fingerprint density at radius 3 is 2.38 bits per heavy atom. The molecule has 2 bridgehead atoms. The van der Waals surface area contributed by atoms with E-state index in [1.54, 1.807) is 30.3 Å². The van der Waals surface area contributed by atoms with Crippen LogP contribution in [-0.4, -0.2) is 35.2 Å². The van der Waals surface area contributed by atoms with E-state index in [2.05, 4.69) is 10.6 Å². The molecule has 0 aromatic heterocycles. The van der Waals surface area contributed by atoms with Gasteiger partial charge in [-0.2, -0.15) is 0 Å². The lowest BCUT2D eigenvalue weighted by Gasteiger charge is -2.70. The monoisotopic (exact) mass is 454 g/mol. The molecule has 0 spiro atoms. The number of aliphatic hydroxyl groups excluding tert-OH is 1. The van der Waals surface area contributed by atoms with Gasteiger partial charge in [0.25, 0.3) is 5.91 Å². The van der Waals surface area contributed by atoms with Crippen LogP contribution >= 0.6 is 34.8 Å². The van der Waals surface area contributed by atoms with Gasteiger partial charge < -0.3 is 20.5 Å². The van der Waals surface area contributed by atoms with E-state index in [1.165, 1.54) is 0 Å². The Balaban J connectivity index is 1.19.